The van der Waals surface area contributed by atoms with Gasteiger partial charge in [-0.1, -0.05) is 57.5 Å². The summed E-state index contributed by atoms with van der Waals surface area (Å²) in [7, 11) is 3.60. The van der Waals surface area contributed by atoms with Crippen molar-refractivity contribution in [1.82, 2.24) is 15.1 Å². The standard InChI is InChI=1S/C17H22N4O2.C11H14FNO2.C5H12/c1-17(16(23)19-13-7-5-4-6-8-13)9-14(10-18)21(12-17)15(22)11-20(2)3;1-8(15)13-11(7-14)6-9-2-4-10(12)5-3-9;1-5(2,3)4/h4-8,14H,9,11-12H2,1-3H3,(H,19,23);2,4,7,11H,3,5-6H2,1H3,(H,13,15);1-4H3. The van der Waals surface area contributed by atoms with Crippen molar-refractivity contribution in [1.29, 1.82) is 5.26 Å². The van der Waals surface area contributed by atoms with Crippen LogP contribution in [0, 0.1) is 22.2 Å². The van der Waals surface area contributed by atoms with Crippen molar-refractivity contribution >= 4 is 29.7 Å². The van der Waals surface area contributed by atoms with Gasteiger partial charge in [0.05, 0.1) is 24.1 Å². The molecule has 1 aromatic rings. The lowest BCUT2D eigenvalue weighted by Crippen LogP contribution is -2.42. The summed E-state index contributed by atoms with van der Waals surface area (Å²) < 4.78 is 12.7. The molecule has 2 aliphatic rings. The Morgan fingerprint density at radius 1 is 1.16 bits per heavy atom. The van der Waals surface area contributed by atoms with Crippen molar-refractivity contribution < 1.29 is 23.6 Å². The third-order valence-corrected chi connectivity index (χ3v) is 6.26. The van der Waals surface area contributed by atoms with Crippen LogP contribution in [0.1, 0.15) is 67.2 Å². The van der Waals surface area contributed by atoms with Crippen molar-refractivity contribution in [3.63, 3.8) is 0 Å². The number of para-hydroxylation sites is 1. The Hall–Kier alpha value is -3.84. The maximum Gasteiger partial charge on any atom is 0.237 e. The van der Waals surface area contributed by atoms with Gasteiger partial charge in [0.1, 0.15) is 18.2 Å². The molecular formula is C33H48FN5O4. The van der Waals surface area contributed by atoms with Crippen LogP contribution in [0.3, 0.4) is 0 Å². The zero-order chi connectivity index (χ0) is 32.8. The van der Waals surface area contributed by atoms with E-state index in [1.165, 1.54) is 17.9 Å². The highest BCUT2D eigenvalue weighted by Gasteiger charge is 2.47. The summed E-state index contributed by atoms with van der Waals surface area (Å²) in [5.74, 6) is -0.659. The number of nitriles is 1. The molecule has 3 atom stereocenters. The first-order chi connectivity index (χ1) is 20.0. The lowest BCUT2D eigenvalue weighted by Gasteiger charge is -2.24. The van der Waals surface area contributed by atoms with E-state index in [2.05, 4.69) is 44.4 Å². The van der Waals surface area contributed by atoms with Gasteiger partial charge in [-0.25, -0.2) is 4.39 Å². The summed E-state index contributed by atoms with van der Waals surface area (Å²) in [5.41, 5.74) is 1.44. The number of nitrogens with zero attached hydrogens (tertiary/aromatic N) is 3. The number of allylic oxidation sites excluding steroid dienone is 3. The van der Waals surface area contributed by atoms with E-state index < -0.39 is 17.5 Å². The summed E-state index contributed by atoms with van der Waals surface area (Å²) in [4.78, 5) is 49.6. The molecule has 0 bridgehead atoms. The highest BCUT2D eigenvalue weighted by molar-refractivity contribution is 5.96. The van der Waals surface area contributed by atoms with Crippen LogP contribution in [0.4, 0.5) is 10.1 Å². The van der Waals surface area contributed by atoms with Gasteiger partial charge in [-0.15, -0.1) is 0 Å². The number of nitrogens with one attached hydrogen (secondary N) is 2. The van der Waals surface area contributed by atoms with Gasteiger partial charge in [-0.2, -0.15) is 5.26 Å². The van der Waals surface area contributed by atoms with Crippen LogP contribution in [0.5, 0.6) is 0 Å². The van der Waals surface area contributed by atoms with E-state index in [-0.39, 0.29) is 36.6 Å². The summed E-state index contributed by atoms with van der Waals surface area (Å²) >= 11 is 0. The lowest BCUT2D eigenvalue weighted by molar-refractivity contribution is -0.132. The molecule has 3 amide bonds. The minimum absolute atomic E-state index is 0.127. The third kappa shape index (κ3) is 14.8. The van der Waals surface area contributed by atoms with Gasteiger partial charge in [0.25, 0.3) is 0 Å². The second-order valence-electron chi connectivity index (χ2n) is 13.1. The van der Waals surface area contributed by atoms with Crippen molar-refractivity contribution in [2.24, 2.45) is 10.8 Å². The molecule has 0 spiro atoms. The van der Waals surface area contributed by atoms with Crippen LogP contribution in [-0.4, -0.2) is 73.1 Å². The average Bonchev–Trinajstić information content (AvgIpc) is 3.27. The number of anilines is 1. The van der Waals surface area contributed by atoms with Crippen LogP contribution in [0.2, 0.25) is 0 Å². The highest BCUT2D eigenvalue weighted by atomic mass is 19.1. The molecule has 0 saturated carbocycles. The van der Waals surface area contributed by atoms with E-state index in [1.54, 1.807) is 32.0 Å². The Labute approximate surface area is 256 Å². The Morgan fingerprint density at radius 3 is 2.23 bits per heavy atom. The van der Waals surface area contributed by atoms with E-state index in [0.29, 0.717) is 43.1 Å². The molecule has 1 aromatic carbocycles. The number of rotatable bonds is 8. The number of benzene rings is 1. The number of halogens is 1. The molecule has 0 aromatic heterocycles. The van der Waals surface area contributed by atoms with E-state index in [9.17, 15) is 28.8 Å². The monoisotopic (exact) mass is 597 g/mol. The summed E-state index contributed by atoms with van der Waals surface area (Å²) in [6, 6.07) is 10.3. The van der Waals surface area contributed by atoms with Crippen molar-refractivity contribution in [2.45, 2.75) is 79.3 Å². The van der Waals surface area contributed by atoms with Gasteiger partial charge in [0, 0.05) is 25.6 Å². The quantitative estimate of drug-likeness (QED) is 0.406. The maximum absolute atomic E-state index is 12.7. The van der Waals surface area contributed by atoms with E-state index in [4.69, 9.17) is 0 Å². The predicted molar refractivity (Wildman–Crippen MR) is 167 cm³/mol. The first-order valence-corrected chi connectivity index (χ1v) is 14.4. The zero-order valence-electron chi connectivity index (χ0n) is 26.9. The Balaban J connectivity index is 0.000000396. The average molecular weight is 598 g/mol. The number of carbonyl (C=O) groups excluding carboxylic acids is 4. The first kappa shape index (κ1) is 37.2. The second kappa shape index (κ2) is 17.3. The number of likely N-dealkylation sites (N-methyl/N-ethyl adjacent to an activating group) is 1. The number of hydrogen-bond donors (Lipinski definition) is 2. The van der Waals surface area contributed by atoms with Gasteiger partial charge in [0.15, 0.2) is 0 Å². The van der Waals surface area contributed by atoms with Crippen LogP contribution >= 0.6 is 0 Å². The molecule has 10 heteroatoms. The predicted octanol–water partition coefficient (Wildman–Crippen LogP) is 5.02. The fourth-order valence-corrected chi connectivity index (χ4v) is 4.30. The zero-order valence-corrected chi connectivity index (χ0v) is 26.9. The molecular weight excluding hydrogens is 549 g/mol. The van der Waals surface area contributed by atoms with Crippen molar-refractivity contribution in [3.05, 3.63) is 53.9 Å². The van der Waals surface area contributed by atoms with Gasteiger partial charge in [-0.3, -0.25) is 14.4 Å². The Bertz CT molecular complexity index is 1190. The minimum Gasteiger partial charge on any atom is -0.347 e. The fraction of sp³-hybridized carbons (Fsp3) is 0.545. The van der Waals surface area contributed by atoms with E-state index >= 15 is 0 Å². The highest BCUT2D eigenvalue weighted by Crippen LogP contribution is 2.35. The molecule has 1 aliphatic carbocycles. The Morgan fingerprint density at radius 2 is 1.77 bits per heavy atom. The number of amides is 3. The fourth-order valence-electron chi connectivity index (χ4n) is 4.30. The normalized spacial score (nSPS) is 20.1. The molecule has 0 radical (unpaired) electrons. The lowest BCUT2D eigenvalue weighted by atomic mass is 9.87. The van der Waals surface area contributed by atoms with Crippen LogP contribution in [0.25, 0.3) is 0 Å². The third-order valence-electron chi connectivity index (χ3n) is 6.26. The molecule has 3 rings (SSSR count). The van der Waals surface area contributed by atoms with Gasteiger partial charge < -0.3 is 25.2 Å². The van der Waals surface area contributed by atoms with Crippen molar-refractivity contribution in [3.8, 4) is 6.07 Å². The molecule has 1 heterocycles. The van der Waals surface area contributed by atoms with Crippen LogP contribution < -0.4 is 10.6 Å². The van der Waals surface area contributed by atoms with Crippen LogP contribution in [-0.2, 0) is 19.2 Å². The number of carbonyl (C=O) groups is 4. The largest absolute Gasteiger partial charge is 0.347 e. The van der Waals surface area contributed by atoms with Crippen molar-refractivity contribution in [2.75, 3.05) is 32.5 Å². The summed E-state index contributed by atoms with van der Waals surface area (Å²) in [6.07, 6.45) is 5.61. The van der Waals surface area contributed by atoms with E-state index in [0.717, 1.165) is 5.57 Å². The van der Waals surface area contributed by atoms with E-state index in [1.807, 2.05) is 30.3 Å². The molecule has 2 N–H and O–H groups in total. The number of hydrogen-bond acceptors (Lipinski definition) is 6. The Kier molecular flexibility index (Phi) is 15.0. The SMILES string of the molecule is CC(=O)NC(C=O)CC1=CC=C(F)CC1.CC(C)(C)C.CN(C)CC(=O)N1CC(C)(C(=O)Nc2ccccc2)CC1C#N. The molecule has 3 unspecified atom stereocenters. The molecule has 1 fully saturated rings. The van der Waals surface area contributed by atoms with Gasteiger partial charge in [0.2, 0.25) is 17.7 Å². The second-order valence-corrected chi connectivity index (χ2v) is 13.1. The minimum atomic E-state index is -0.766. The summed E-state index contributed by atoms with van der Waals surface area (Å²) in [6.45, 7) is 12.4. The first-order valence-electron chi connectivity index (χ1n) is 14.4. The maximum atomic E-state index is 12.7. The summed E-state index contributed by atoms with van der Waals surface area (Å²) in [5, 5.41) is 14.7. The topological polar surface area (TPSA) is 123 Å². The van der Waals surface area contributed by atoms with Crippen LogP contribution in [0.15, 0.2) is 53.9 Å². The molecule has 43 heavy (non-hydrogen) atoms. The smallest absolute Gasteiger partial charge is 0.237 e. The number of likely N-dealkylation sites (tertiary alicyclic amines) is 1. The molecule has 9 nitrogen and oxygen atoms in total. The number of aldehydes is 1. The molecule has 1 saturated heterocycles. The molecule has 236 valence electrons. The van der Waals surface area contributed by atoms with Gasteiger partial charge >= 0.3 is 0 Å². The van der Waals surface area contributed by atoms with Gasteiger partial charge in [-0.05, 0) is 63.9 Å². The molecule has 1 aliphatic heterocycles.